The first-order chi connectivity index (χ1) is 7.50. The molecule has 0 fully saturated rings. The van der Waals surface area contributed by atoms with Crippen molar-refractivity contribution in [2.75, 3.05) is 19.0 Å². The van der Waals surface area contributed by atoms with Crippen LogP contribution < -0.4 is 10.5 Å². The van der Waals surface area contributed by atoms with Gasteiger partial charge < -0.3 is 4.90 Å². The SMILES string of the molecule is Cc1nc2cc(N(C)C)ccc2c(=O)n1C. The van der Waals surface area contributed by atoms with Gasteiger partial charge in [0.2, 0.25) is 0 Å². The summed E-state index contributed by atoms with van der Waals surface area (Å²) in [7, 11) is 5.67. The molecule has 84 valence electrons. The second-order valence-electron chi connectivity index (χ2n) is 4.12. The van der Waals surface area contributed by atoms with Crippen LogP contribution in [-0.2, 0) is 7.05 Å². The summed E-state index contributed by atoms with van der Waals surface area (Å²) in [6.07, 6.45) is 0. The lowest BCUT2D eigenvalue weighted by Gasteiger charge is -2.13. The molecular formula is C12H15N3O. The Morgan fingerprint density at radius 3 is 2.62 bits per heavy atom. The molecule has 2 rings (SSSR count). The first kappa shape index (κ1) is 10.7. The second kappa shape index (κ2) is 3.63. The highest BCUT2D eigenvalue weighted by molar-refractivity contribution is 5.81. The normalized spacial score (nSPS) is 10.8. The van der Waals surface area contributed by atoms with Crippen molar-refractivity contribution in [1.29, 1.82) is 0 Å². The monoisotopic (exact) mass is 217 g/mol. The molecule has 0 spiro atoms. The summed E-state index contributed by atoms with van der Waals surface area (Å²) in [5.74, 6) is 0.730. The number of benzene rings is 1. The van der Waals surface area contributed by atoms with Crippen LogP contribution in [0.25, 0.3) is 10.9 Å². The summed E-state index contributed by atoms with van der Waals surface area (Å²) < 4.78 is 1.57. The molecule has 0 atom stereocenters. The van der Waals surface area contributed by atoms with Crippen LogP contribution >= 0.6 is 0 Å². The molecule has 0 saturated heterocycles. The maximum absolute atomic E-state index is 11.9. The maximum atomic E-state index is 11.9. The van der Waals surface area contributed by atoms with E-state index in [1.54, 1.807) is 11.6 Å². The quantitative estimate of drug-likeness (QED) is 0.722. The Morgan fingerprint density at radius 2 is 2.00 bits per heavy atom. The molecule has 16 heavy (non-hydrogen) atoms. The largest absolute Gasteiger partial charge is 0.378 e. The van der Waals surface area contributed by atoms with Gasteiger partial charge in [-0.3, -0.25) is 9.36 Å². The van der Waals surface area contributed by atoms with Crippen LogP contribution in [0.4, 0.5) is 5.69 Å². The van der Waals surface area contributed by atoms with Crippen molar-refractivity contribution in [2.24, 2.45) is 7.05 Å². The number of anilines is 1. The predicted molar refractivity (Wildman–Crippen MR) is 66.0 cm³/mol. The second-order valence-corrected chi connectivity index (χ2v) is 4.12. The van der Waals surface area contributed by atoms with Gasteiger partial charge >= 0.3 is 0 Å². The fourth-order valence-electron chi connectivity index (χ4n) is 1.65. The Labute approximate surface area is 94.1 Å². The van der Waals surface area contributed by atoms with Crippen LogP contribution in [0, 0.1) is 6.92 Å². The van der Waals surface area contributed by atoms with E-state index in [0.717, 1.165) is 17.0 Å². The van der Waals surface area contributed by atoms with Gasteiger partial charge in [-0.1, -0.05) is 0 Å². The first-order valence-corrected chi connectivity index (χ1v) is 5.15. The van der Waals surface area contributed by atoms with Gasteiger partial charge in [0.1, 0.15) is 5.82 Å². The minimum atomic E-state index is 0.00723. The molecule has 0 aliphatic carbocycles. The zero-order valence-electron chi connectivity index (χ0n) is 9.98. The van der Waals surface area contributed by atoms with Crippen molar-refractivity contribution >= 4 is 16.6 Å². The van der Waals surface area contributed by atoms with Crippen molar-refractivity contribution in [3.8, 4) is 0 Å². The highest BCUT2D eigenvalue weighted by Gasteiger charge is 2.06. The number of hydrogen-bond acceptors (Lipinski definition) is 3. The van der Waals surface area contributed by atoms with Gasteiger partial charge in [-0.05, 0) is 25.1 Å². The smallest absolute Gasteiger partial charge is 0.261 e. The van der Waals surface area contributed by atoms with Crippen molar-refractivity contribution in [2.45, 2.75) is 6.92 Å². The summed E-state index contributed by atoms with van der Waals surface area (Å²) in [4.78, 5) is 18.3. The molecule has 0 aliphatic heterocycles. The van der Waals surface area contributed by atoms with E-state index in [0.29, 0.717) is 5.39 Å². The first-order valence-electron chi connectivity index (χ1n) is 5.15. The van der Waals surface area contributed by atoms with Crippen molar-refractivity contribution < 1.29 is 0 Å². The molecule has 0 amide bonds. The van der Waals surface area contributed by atoms with Crippen LogP contribution in [-0.4, -0.2) is 23.6 Å². The molecule has 0 unspecified atom stereocenters. The van der Waals surface area contributed by atoms with Gasteiger partial charge in [0.15, 0.2) is 0 Å². The number of fused-ring (bicyclic) bond motifs is 1. The zero-order valence-corrected chi connectivity index (χ0v) is 9.98. The van der Waals surface area contributed by atoms with E-state index < -0.39 is 0 Å². The van der Waals surface area contributed by atoms with E-state index in [-0.39, 0.29) is 5.56 Å². The van der Waals surface area contributed by atoms with Crippen molar-refractivity contribution in [3.05, 3.63) is 34.4 Å². The average molecular weight is 217 g/mol. The highest BCUT2D eigenvalue weighted by atomic mass is 16.1. The molecule has 0 aliphatic rings. The Balaban J connectivity index is 2.81. The van der Waals surface area contributed by atoms with E-state index in [2.05, 4.69) is 4.98 Å². The summed E-state index contributed by atoms with van der Waals surface area (Å²) in [6.45, 7) is 1.84. The third-order valence-corrected chi connectivity index (χ3v) is 2.80. The highest BCUT2D eigenvalue weighted by Crippen LogP contribution is 2.16. The van der Waals surface area contributed by atoms with Crippen molar-refractivity contribution in [3.63, 3.8) is 0 Å². The van der Waals surface area contributed by atoms with Gasteiger partial charge in [0.05, 0.1) is 10.9 Å². The standard InChI is InChI=1S/C12H15N3O/c1-8-13-11-7-9(14(2)3)5-6-10(11)12(16)15(8)4/h5-7H,1-4H3. The van der Waals surface area contributed by atoms with Gasteiger partial charge in [0, 0.05) is 26.8 Å². The van der Waals surface area contributed by atoms with Gasteiger partial charge in [-0.2, -0.15) is 0 Å². The molecule has 4 heteroatoms. The Hall–Kier alpha value is -1.84. The summed E-state index contributed by atoms with van der Waals surface area (Å²) >= 11 is 0. The lowest BCUT2D eigenvalue weighted by molar-refractivity contribution is 0.792. The Kier molecular flexibility index (Phi) is 2.42. The van der Waals surface area contributed by atoms with Crippen LogP contribution in [0.15, 0.2) is 23.0 Å². The van der Waals surface area contributed by atoms with Gasteiger partial charge in [0.25, 0.3) is 5.56 Å². The molecule has 4 nitrogen and oxygen atoms in total. The number of hydrogen-bond donors (Lipinski definition) is 0. The molecule has 2 aromatic rings. The average Bonchev–Trinajstić information content (AvgIpc) is 2.25. The van der Waals surface area contributed by atoms with E-state index in [1.165, 1.54) is 0 Å². The number of aryl methyl sites for hydroxylation is 1. The Morgan fingerprint density at radius 1 is 1.31 bits per heavy atom. The lowest BCUT2D eigenvalue weighted by Crippen LogP contribution is -2.20. The molecule has 0 saturated carbocycles. The molecule has 1 aromatic heterocycles. The van der Waals surface area contributed by atoms with Crippen LogP contribution in [0.2, 0.25) is 0 Å². The number of nitrogens with zero attached hydrogens (tertiary/aromatic N) is 3. The summed E-state index contributed by atoms with van der Waals surface area (Å²) in [6, 6.07) is 5.70. The minimum Gasteiger partial charge on any atom is -0.378 e. The van der Waals surface area contributed by atoms with E-state index in [1.807, 2.05) is 44.1 Å². The summed E-state index contributed by atoms with van der Waals surface area (Å²) in [5, 5.41) is 0.665. The molecule has 0 bridgehead atoms. The fourth-order valence-corrected chi connectivity index (χ4v) is 1.65. The fraction of sp³-hybridized carbons (Fsp3) is 0.333. The van der Waals surface area contributed by atoms with E-state index in [9.17, 15) is 4.79 Å². The Bertz CT molecular complexity index is 599. The maximum Gasteiger partial charge on any atom is 0.261 e. The molecule has 0 N–H and O–H groups in total. The van der Waals surface area contributed by atoms with Crippen LogP contribution in [0.1, 0.15) is 5.82 Å². The minimum absolute atomic E-state index is 0.00723. The van der Waals surface area contributed by atoms with Crippen LogP contribution in [0.5, 0.6) is 0 Å². The molecule has 1 heterocycles. The molecular weight excluding hydrogens is 202 g/mol. The van der Waals surface area contributed by atoms with E-state index >= 15 is 0 Å². The van der Waals surface area contributed by atoms with Crippen molar-refractivity contribution in [1.82, 2.24) is 9.55 Å². The van der Waals surface area contributed by atoms with E-state index in [4.69, 9.17) is 0 Å². The third-order valence-electron chi connectivity index (χ3n) is 2.80. The number of rotatable bonds is 1. The molecule has 1 aromatic carbocycles. The van der Waals surface area contributed by atoms with Crippen LogP contribution in [0.3, 0.4) is 0 Å². The predicted octanol–water partition coefficient (Wildman–Crippen LogP) is 1.31. The topological polar surface area (TPSA) is 38.1 Å². The van der Waals surface area contributed by atoms with Gasteiger partial charge in [-0.25, -0.2) is 4.98 Å². The molecule has 0 radical (unpaired) electrons. The third kappa shape index (κ3) is 1.56. The number of aromatic nitrogens is 2. The summed E-state index contributed by atoms with van der Waals surface area (Å²) in [5.41, 5.74) is 1.81. The zero-order chi connectivity index (χ0) is 11.9. The van der Waals surface area contributed by atoms with Gasteiger partial charge in [-0.15, -0.1) is 0 Å². The lowest BCUT2D eigenvalue weighted by atomic mass is 10.2.